The van der Waals surface area contributed by atoms with E-state index in [-0.39, 0.29) is 17.7 Å². The van der Waals surface area contributed by atoms with Gasteiger partial charge in [-0.25, -0.2) is 9.78 Å². The standard InChI is InChI=1S/C18H16N2O4/c1-24-18(23)16(10-12-6-8-13(21)9-7-12)20-11-19-15-5-3-2-4-14(15)17(20)22/h2-9,11,16,21H,10H2,1H3/t16-/m0/s1. The van der Waals surface area contributed by atoms with E-state index in [0.717, 1.165) is 5.56 Å². The highest BCUT2D eigenvalue weighted by Crippen LogP contribution is 2.18. The number of nitrogens with zero attached hydrogens (tertiary/aromatic N) is 2. The van der Waals surface area contributed by atoms with Crippen LogP contribution in [0, 0.1) is 0 Å². The predicted octanol–water partition coefficient (Wildman–Crippen LogP) is 2.06. The van der Waals surface area contributed by atoms with Crippen LogP contribution in [0.3, 0.4) is 0 Å². The third kappa shape index (κ3) is 2.99. The molecule has 0 spiro atoms. The molecule has 1 atom stereocenters. The molecule has 0 radical (unpaired) electrons. The van der Waals surface area contributed by atoms with Crippen molar-refractivity contribution < 1.29 is 14.6 Å². The van der Waals surface area contributed by atoms with Gasteiger partial charge in [-0.2, -0.15) is 0 Å². The van der Waals surface area contributed by atoms with Crippen LogP contribution in [0.2, 0.25) is 0 Å². The summed E-state index contributed by atoms with van der Waals surface area (Å²) in [4.78, 5) is 29.2. The van der Waals surface area contributed by atoms with Gasteiger partial charge in [0.1, 0.15) is 11.8 Å². The molecule has 122 valence electrons. The monoisotopic (exact) mass is 324 g/mol. The molecule has 0 unspecified atom stereocenters. The van der Waals surface area contributed by atoms with Gasteiger partial charge in [0.2, 0.25) is 0 Å². The first-order chi connectivity index (χ1) is 11.6. The number of fused-ring (bicyclic) bond motifs is 1. The summed E-state index contributed by atoms with van der Waals surface area (Å²) >= 11 is 0. The first-order valence-electron chi connectivity index (χ1n) is 7.42. The maximum Gasteiger partial charge on any atom is 0.329 e. The molecule has 0 aliphatic carbocycles. The van der Waals surface area contributed by atoms with E-state index < -0.39 is 12.0 Å². The van der Waals surface area contributed by atoms with Crippen molar-refractivity contribution in [2.24, 2.45) is 0 Å². The predicted molar refractivity (Wildman–Crippen MR) is 88.9 cm³/mol. The van der Waals surface area contributed by atoms with E-state index in [4.69, 9.17) is 4.74 Å². The summed E-state index contributed by atoms with van der Waals surface area (Å²) in [6.45, 7) is 0. The highest BCUT2D eigenvalue weighted by Gasteiger charge is 2.23. The van der Waals surface area contributed by atoms with Gasteiger partial charge < -0.3 is 9.84 Å². The smallest absolute Gasteiger partial charge is 0.329 e. The third-order valence-corrected chi connectivity index (χ3v) is 3.86. The van der Waals surface area contributed by atoms with Crippen LogP contribution in [0.1, 0.15) is 11.6 Å². The molecule has 6 heteroatoms. The lowest BCUT2D eigenvalue weighted by Crippen LogP contribution is -2.32. The normalized spacial score (nSPS) is 12.0. The molecular weight excluding hydrogens is 308 g/mol. The number of hydrogen-bond donors (Lipinski definition) is 1. The first kappa shape index (κ1) is 15.7. The molecule has 0 aliphatic heterocycles. The van der Waals surface area contributed by atoms with Gasteiger partial charge in [0, 0.05) is 6.42 Å². The molecule has 0 amide bonds. The Morgan fingerprint density at radius 2 is 1.92 bits per heavy atom. The molecule has 0 saturated heterocycles. The number of carbonyl (C=O) groups is 1. The first-order valence-corrected chi connectivity index (χ1v) is 7.42. The maximum absolute atomic E-state index is 12.7. The van der Waals surface area contributed by atoms with Gasteiger partial charge in [-0.3, -0.25) is 9.36 Å². The zero-order chi connectivity index (χ0) is 17.1. The van der Waals surface area contributed by atoms with E-state index in [0.29, 0.717) is 10.9 Å². The van der Waals surface area contributed by atoms with Crippen LogP contribution in [-0.2, 0) is 16.0 Å². The lowest BCUT2D eigenvalue weighted by molar-refractivity contribution is -0.144. The molecule has 1 heterocycles. The number of hydrogen-bond acceptors (Lipinski definition) is 5. The number of esters is 1. The van der Waals surface area contributed by atoms with Gasteiger partial charge in [0.15, 0.2) is 0 Å². The summed E-state index contributed by atoms with van der Waals surface area (Å²) in [5, 5.41) is 9.81. The molecule has 24 heavy (non-hydrogen) atoms. The quantitative estimate of drug-likeness (QED) is 0.743. The summed E-state index contributed by atoms with van der Waals surface area (Å²) in [5.74, 6) is -0.389. The zero-order valence-electron chi connectivity index (χ0n) is 13.0. The zero-order valence-corrected chi connectivity index (χ0v) is 13.0. The van der Waals surface area contributed by atoms with E-state index in [1.54, 1.807) is 36.4 Å². The summed E-state index contributed by atoms with van der Waals surface area (Å²) in [6, 6.07) is 12.6. The number of benzene rings is 2. The second kappa shape index (κ2) is 6.54. The second-order valence-electron chi connectivity index (χ2n) is 5.38. The Kier molecular flexibility index (Phi) is 4.29. The van der Waals surface area contributed by atoms with Gasteiger partial charge in [0.05, 0.1) is 24.3 Å². The number of ether oxygens (including phenoxy) is 1. The number of aromatic hydroxyl groups is 1. The summed E-state index contributed by atoms with van der Waals surface area (Å²) < 4.78 is 6.15. The Hall–Kier alpha value is -3.15. The molecule has 0 bridgehead atoms. The number of carbonyl (C=O) groups excluding carboxylic acids is 1. The van der Waals surface area contributed by atoms with Crippen LogP contribution < -0.4 is 5.56 Å². The Morgan fingerprint density at radius 1 is 1.21 bits per heavy atom. The molecule has 6 nitrogen and oxygen atoms in total. The molecular formula is C18H16N2O4. The molecule has 0 saturated carbocycles. The van der Waals surface area contributed by atoms with Gasteiger partial charge in [-0.05, 0) is 29.8 Å². The fraction of sp³-hybridized carbons (Fsp3) is 0.167. The number of phenols is 1. The number of aromatic nitrogens is 2. The van der Waals surface area contributed by atoms with Crippen LogP contribution in [-0.4, -0.2) is 27.7 Å². The molecule has 0 fully saturated rings. The van der Waals surface area contributed by atoms with Crippen LogP contribution in [0.5, 0.6) is 5.75 Å². The van der Waals surface area contributed by atoms with Crippen LogP contribution in [0.15, 0.2) is 59.7 Å². The highest BCUT2D eigenvalue weighted by molar-refractivity contribution is 5.78. The fourth-order valence-corrected chi connectivity index (χ4v) is 2.59. The third-order valence-electron chi connectivity index (χ3n) is 3.86. The van der Waals surface area contributed by atoms with E-state index in [9.17, 15) is 14.7 Å². The van der Waals surface area contributed by atoms with Crippen LogP contribution in [0.4, 0.5) is 0 Å². The second-order valence-corrected chi connectivity index (χ2v) is 5.38. The SMILES string of the molecule is COC(=O)[C@H](Cc1ccc(O)cc1)n1cnc2ccccc2c1=O. The van der Waals surface area contributed by atoms with Crippen LogP contribution in [0.25, 0.3) is 10.9 Å². The van der Waals surface area contributed by atoms with Gasteiger partial charge in [-0.1, -0.05) is 24.3 Å². The number of rotatable bonds is 4. The Morgan fingerprint density at radius 3 is 2.62 bits per heavy atom. The van der Waals surface area contributed by atoms with Crippen molar-refractivity contribution in [3.8, 4) is 5.75 Å². The lowest BCUT2D eigenvalue weighted by Gasteiger charge is -2.17. The van der Waals surface area contributed by atoms with Crippen molar-refractivity contribution >= 4 is 16.9 Å². The largest absolute Gasteiger partial charge is 0.508 e. The minimum absolute atomic E-state index is 0.137. The average Bonchev–Trinajstić information content (AvgIpc) is 2.62. The van der Waals surface area contributed by atoms with E-state index >= 15 is 0 Å². The van der Waals surface area contributed by atoms with Gasteiger partial charge >= 0.3 is 5.97 Å². The number of methoxy groups -OCH3 is 1. The summed E-state index contributed by atoms with van der Waals surface area (Å²) in [5.41, 5.74) is 1.07. The summed E-state index contributed by atoms with van der Waals surface area (Å²) in [6.07, 6.45) is 1.62. The maximum atomic E-state index is 12.7. The van der Waals surface area contributed by atoms with E-state index in [1.165, 1.54) is 30.1 Å². The van der Waals surface area contributed by atoms with Gasteiger partial charge in [-0.15, -0.1) is 0 Å². The van der Waals surface area contributed by atoms with Crippen molar-refractivity contribution in [2.45, 2.75) is 12.5 Å². The molecule has 0 aliphatic rings. The van der Waals surface area contributed by atoms with E-state index in [2.05, 4.69) is 4.98 Å². The molecule has 1 N–H and O–H groups in total. The van der Waals surface area contributed by atoms with Crippen molar-refractivity contribution in [1.82, 2.24) is 9.55 Å². The highest BCUT2D eigenvalue weighted by atomic mass is 16.5. The summed E-state index contributed by atoms with van der Waals surface area (Å²) in [7, 11) is 1.28. The Balaban J connectivity index is 2.06. The molecule has 1 aromatic heterocycles. The minimum Gasteiger partial charge on any atom is -0.508 e. The van der Waals surface area contributed by atoms with Crippen molar-refractivity contribution in [3.05, 3.63) is 70.8 Å². The van der Waals surface area contributed by atoms with Crippen LogP contribution >= 0.6 is 0 Å². The Bertz CT molecular complexity index is 932. The average molecular weight is 324 g/mol. The molecule has 2 aromatic carbocycles. The van der Waals surface area contributed by atoms with E-state index in [1.807, 2.05) is 0 Å². The molecule has 3 aromatic rings. The van der Waals surface area contributed by atoms with Gasteiger partial charge in [0.25, 0.3) is 5.56 Å². The number of para-hydroxylation sites is 1. The Labute approximate surface area is 138 Å². The fourth-order valence-electron chi connectivity index (χ4n) is 2.59. The van der Waals surface area contributed by atoms with Crippen molar-refractivity contribution in [1.29, 1.82) is 0 Å². The van der Waals surface area contributed by atoms with Crippen molar-refractivity contribution in [2.75, 3.05) is 7.11 Å². The van der Waals surface area contributed by atoms with Crippen molar-refractivity contribution in [3.63, 3.8) is 0 Å². The number of phenolic OH excluding ortho intramolecular Hbond substituents is 1. The minimum atomic E-state index is -0.829. The lowest BCUT2D eigenvalue weighted by atomic mass is 10.1. The molecule has 3 rings (SSSR count). The topological polar surface area (TPSA) is 81.4 Å².